The molecule has 152 valence electrons. The molecule has 0 aromatic carbocycles. The van der Waals surface area contributed by atoms with Gasteiger partial charge in [0.2, 0.25) is 5.95 Å². The summed E-state index contributed by atoms with van der Waals surface area (Å²) in [7, 11) is 0. The molecule has 0 radical (unpaired) electrons. The number of carbonyl (C=O) groups is 1. The molecule has 0 aliphatic rings. The number of nitrogens with one attached hydrogen (secondary N) is 2. The van der Waals surface area contributed by atoms with Gasteiger partial charge in [0.1, 0.15) is 17.8 Å². The highest BCUT2D eigenvalue weighted by Gasteiger charge is 2.22. The largest absolute Gasteiger partial charge is 0.369 e. The van der Waals surface area contributed by atoms with Crippen molar-refractivity contribution in [2.75, 3.05) is 11.9 Å². The van der Waals surface area contributed by atoms with Crippen molar-refractivity contribution in [1.29, 1.82) is 0 Å². The van der Waals surface area contributed by atoms with E-state index in [4.69, 9.17) is 0 Å². The maximum absolute atomic E-state index is 14.8. The number of hydrogen-bond acceptors (Lipinski definition) is 6. The summed E-state index contributed by atoms with van der Waals surface area (Å²) in [5.74, 6) is -0.723. The van der Waals surface area contributed by atoms with E-state index in [1.165, 1.54) is 18.6 Å². The SMILES string of the molecule is CCCNc1ncnc2[nH]cc(C(=O)c3ccc(Cc4ccc(C)nc4)nc3F)c12. The zero-order valence-corrected chi connectivity index (χ0v) is 16.7. The molecule has 0 fully saturated rings. The standard InChI is InChI=1S/C22H21FN6O/c1-3-8-24-21-18-17(11-26-22(18)28-12-27-21)19(30)16-7-6-15(29-20(16)23)9-14-5-4-13(2)25-10-14/h4-7,10-12H,3,8-9H2,1-2H3,(H2,24,26,27,28). The summed E-state index contributed by atoms with van der Waals surface area (Å²) in [6.45, 7) is 4.63. The van der Waals surface area contributed by atoms with Crippen molar-refractivity contribution in [3.8, 4) is 0 Å². The van der Waals surface area contributed by atoms with Gasteiger partial charge < -0.3 is 10.3 Å². The Morgan fingerprint density at radius 1 is 1.13 bits per heavy atom. The number of aromatic nitrogens is 5. The van der Waals surface area contributed by atoms with Gasteiger partial charge in [-0.25, -0.2) is 15.0 Å². The van der Waals surface area contributed by atoms with E-state index in [-0.39, 0.29) is 5.56 Å². The Morgan fingerprint density at radius 2 is 2.00 bits per heavy atom. The highest BCUT2D eigenvalue weighted by Crippen LogP contribution is 2.26. The Labute approximate surface area is 172 Å². The van der Waals surface area contributed by atoms with E-state index in [0.29, 0.717) is 41.1 Å². The van der Waals surface area contributed by atoms with Crippen LogP contribution in [0.3, 0.4) is 0 Å². The Hall–Kier alpha value is -3.68. The molecule has 0 amide bonds. The molecular weight excluding hydrogens is 383 g/mol. The molecule has 0 unspecified atom stereocenters. The third-order valence-electron chi connectivity index (χ3n) is 4.77. The molecule has 0 bridgehead atoms. The van der Waals surface area contributed by atoms with Crippen LogP contribution in [0.2, 0.25) is 0 Å². The Bertz CT molecular complexity index is 1200. The lowest BCUT2D eigenvalue weighted by molar-refractivity contribution is 0.103. The zero-order chi connectivity index (χ0) is 21.1. The molecule has 0 spiro atoms. The molecule has 0 saturated carbocycles. The minimum Gasteiger partial charge on any atom is -0.369 e. The Kier molecular flexibility index (Phi) is 5.47. The minimum atomic E-state index is -0.799. The minimum absolute atomic E-state index is 0.0908. The van der Waals surface area contributed by atoms with Gasteiger partial charge in [-0.15, -0.1) is 0 Å². The van der Waals surface area contributed by atoms with Crippen LogP contribution in [0.15, 0.2) is 43.0 Å². The number of anilines is 1. The van der Waals surface area contributed by atoms with Crippen molar-refractivity contribution in [1.82, 2.24) is 24.9 Å². The van der Waals surface area contributed by atoms with E-state index in [1.807, 2.05) is 26.0 Å². The van der Waals surface area contributed by atoms with E-state index < -0.39 is 11.7 Å². The summed E-state index contributed by atoms with van der Waals surface area (Å²) < 4.78 is 14.8. The number of pyridine rings is 2. The maximum Gasteiger partial charge on any atom is 0.224 e. The average molecular weight is 404 g/mol. The summed E-state index contributed by atoms with van der Waals surface area (Å²) in [4.78, 5) is 32.7. The fourth-order valence-corrected chi connectivity index (χ4v) is 3.22. The maximum atomic E-state index is 14.8. The molecule has 4 aromatic heterocycles. The quantitative estimate of drug-likeness (QED) is 0.359. The number of aromatic amines is 1. The molecule has 4 rings (SSSR count). The van der Waals surface area contributed by atoms with Gasteiger partial charge in [0, 0.05) is 36.7 Å². The van der Waals surface area contributed by atoms with Crippen LogP contribution in [0.4, 0.5) is 10.2 Å². The normalized spacial score (nSPS) is 11.0. The summed E-state index contributed by atoms with van der Waals surface area (Å²) in [5, 5.41) is 3.73. The molecule has 0 atom stereocenters. The number of halogens is 1. The molecule has 30 heavy (non-hydrogen) atoms. The van der Waals surface area contributed by atoms with Gasteiger partial charge in [0.25, 0.3) is 0 Å². The number of carbonyl (C=O) groups excluding carboxylic acids is 1. The van der Waals surface area contributed by atoms with Crippen LogP contribution in [0, 0.1) is 12.9 Å². The predicted octanol–water partition coefficient (Wildman–Crippen LogP) is 3.84. The van der Waals surface area contributed by atoms with Crippen LogP contribution in [-0.2, 0) is 6.42 Å². The summed E-state index contributed by atoms with van der Waals surface area (Å²) in [6, 6.07) is 6.96. The number of nitrogens with zero attached hydrogens (tertiary/aromatic N) is 4. The lowest BCUT2D eigenvalue weighted by Gasteiger charge is -2.08. The van der Waals surface area contributed by atoms with Crippen molar-refractivity contribution in [3.05, 3.63) is 77.0 Å². The molecule has 4 heterocycles. The lowest BCUT2D eigenvalue weighted by atomic mass is 10.0. The van der Waals surface area contributed by atoms with Crippen molar-refractivity contribution >= 4 is 22.6 Å². The number of ketones is 1. The summed E-state index contributed by atoms with van der Waals surface area (Å²) in [6.07, 6.45) is 6.03. The molecular formula is C22H21FN6O. The van der Waals surface area contributed by atoms with Crippen molar-refractivity contribution in [3.63, 3.8) is 0 Å². The lowest BCUT2D eigenvalue weighted by Crippen LogP contribution is -2.09. The first-order chi connectivity index (χ1) is 14.6. The van der Waals surface area contributed by atoms with Crippen molar-refractivity contribution in [2.45, 2.75) is 26.7 Å². The second-order valence-electron chi connectivity index (χ2n) is 7.03. The molecule has 7 nitrogen and oxygen atoms in total. The number of hydrogen-bond donors (Lipinski definition) is 2. The van der Waals surface area contributed by atoms with E-state index in [0.717, 1.165) is 17.7 Å². The average Bonchev–Trinajstić information content (AvgIpc) is 3.18. The molecule has 8 heteroatoms. The van der Waals surface area contributed by atoms with Crippen LogP contribution < -0.4 is 5.32 Å². The molecule has 0 saturated heterocycles. The Balaban J connectivity index is 1.64. The number of fused-ring (bicyclic) bond motifs is 1. The third-order valence-corrected chi connectivity index (χ3v) is 4.77. The van der Waals surface area contributed by atoms with Crippen LogP contribution in [0.25, 0.3) is 11.0 Å². The molecule has 4 aromatic rings. The predicted molar refractivity (Wildman–Crippen MR) is 112 cm³/mol. The first-order valence-electron chi connectivity index (χ1n) is 9.74. The second-order valence-corrected chi connectivity index (χ2v) is 7.03. The first kappa shape index (κ1) is 19.6. The van der Waals surface area contributed by atoms with Gasteiger partial charge in [-0.2, -0.15) is 4.39 Å². The monoisotopic (exact) mass is 404 g/mol. The molecule has 0 aliphatic carbocycles. The van der Waals surface area contributed by atoms with Gasteiger partial charge >= 0.3 is 0 Å². The van der Waals surface area contributed by atoms with Gasteiger partial charge in [0.05, 0.1) is 16.5 Å². The first-order valence-corrected chi connectivity index (χ1v) is 9.74. The van der Waals surface area contributed by atoms with E-state index in [1.54, 1.807) is 12.3 Å². The van der Waals surface area contributed by atoms with Crippen LogP contribution >= 0.6 is 0 Å². The highest BCUT2D eigenvalue weighted by atomic mass is 19.1. The van der Waals surface area contributed by atoms with E-state index in [9.17, 15) is 9.18 Å². The second kappa shape index (κ2) is 8.36. The van der Waals surface area contributed by atoms with Crippen LogP contribution in [0.5, 0.6) is 0 Å². The number of H-pyrrole nitrogens is 1. The fourth-order valence-electron chi connectivity index (χ4n) is 3.22. The molecule has 2 N–H and O–H groups in total. The Morgan fingerprint density at radius 3 is 2.73 bits per heavy atom. The topological polar surface area (TPSA) is 96.5 Å². The van der Waals surface area contributed by atoms with E-state index in [2.05, 4.69) is 30.2 Å². The highest BCUT2D eigenvalue weighted by molar-refractivity contribution is 6.17. The smallest absolute Gasteiger partial charge is 0.224 e. The van der Waals surface area contributed by atoms with Gasteiger partial charge in [0.15, 0.2) is 5.78 Å². The van der Waals surface area contributed by atoms with Gasteiger partial charge in [-0.1, -0.05) is 13.0 Å². The fraction of sp³-hybridized carbons (Fsp3) is 0.227. The summed E-state index contributed by atoms with van der Waals surface area (Å²) >= 11 is 0. The van der Waals surface area contributed by atoms with Crippen LogP contribution in [-0.4, -0.2) is 37.2 Å². The van der Waals surface area contributed by atoms with Crippen molar-refractivity contribution < 1.29 is 9.18 Å². The zero-order valence-electron chi connectivity index (χ0n) is 16.7. The van der Waals surface area contributed by atoms with Crippen molar-refractivity contribution in [2.24, 2.45) is 0 Å². The summed E-state index contributed by atoms with van der Waals surface area (Å²) in [5.41, 5.74) is 3.10. The number of aryl methyl sites for hydroxylation is 1. The molecule has 0 aliphatic heterocycles. The van der Waals surface area contributed by atoms with E-state index >= 15 is 0 Å². The van der Waals surface area contributed by atoms with Gasteiger partial charge in [-0.3, -0.25) is 9.78 Å². The van der Waals surface area contributed by atoms with Gasteiger partial charge in [-0.05, 0) is 37.1 Å². The third kappa shape index (κ3) is 3.89. The number of rotatable bonds is 7. The van der Waals surface area contributed by atoms with Crippen LogP contribution in [0.1, 0.15) is 46.2 Å².